The van der Waals surface area contributed by atoms with Crippen LogP contribution in [0.15, 0.2) is 4.52 Å². The van der Waals surface area contributed by atoms with Gasteiger partial charge in [0, 0.05) is 13.1 Å². The van der Waals surface area contributed by atoms with Crippen molar-refractivity contribution in [1.82, 2.24) is 10.1 Å². The van der Waals surface area contributed by atoms with Gasteiger partial charge in [-0.15, -0.1) is 0 Å². The van der Waals surface area contributed by atoms with Gasteiger partial charge in [0.2, 0.25) is 0 Å². The Morgan fingerprint density at radius 2 is 1.93 bits per heavy atom. The van der Waals surface area contributed by atoms with Gasteiger partial charge in [0.05, 0.1) is 0 Å². The highest BCUT2D eigenvalue weighted by molar-refractivity contribution is 5.27. The summed E-state index contributed by atoms with van der Waals surface area (Å²) in [6, 6.07) is 0. The topological polar surface area (TPSA) is 62.4 Å². The van der Waals surface area contributed by atoms with Crippen molar-refractivity contribution in [3.05, 3.63) is 5.89 Å². The van der Waals surface area contributed by atoms with Crippen LogP contribution in [-0.4, -0.2) is 28.3 Å². The second kappa shape index (κ2) is 4.41. The quantitative estimate of drug-likeness (QED) is 0.764. The summed E-state index contributed by atoms with van der Waals surface area (Å²) in [6.07, 6.45) is 4.93. The molecule has 1 aliphatic rings. The maximum absolute atomic E-state index is 8.79. The van der Waals surface area contributed by atoms with Crippen LogP contribution in [-0.2, 0) is 6.61 Å². The Bertz CT molecular complexity index is 279. The van der Waals surface area contributed by atoms with Gasteiger partial charge in [-0.05, 0) is 18.0 Å². The van der Waals surface area contributed by atoms with E-state index in [0.717, 1.165) is 13.1 Å². The van der Waals surface area contributed by atoms with E-state index in [1.807, 2.05) is 0 Å². The summed E-state index contributed by atoms with van der Waals surface area (Å²) in [6.45, 7) is 1.80. The number of aliphatic hydroxyl groups excluding tert-OH is 1. The monoisotopic (exact) mass is 197 g/mol. The number of anilines is 1. The molecule has 0 radical (unpaired) electrons. The zero-order valence-electron chi connectivity index (χ0n) is 8.15. The van der Waals surface area contributed by atoms with Crippen molar-refractivity contribution in [1.29, 1.82) is 0 Å². The molecule has 0 bridgehead atoms. The highest BCUT2D eigenvalue weighted by atomic mass is 16.5. The molecule has 2 rings (SSSR count). The average Bonchev–Trinajstić information content (AvgIpc) is 2.53. The average molecular weight is 197 g/mol. The minimum absolute atomic E-state index is 0.180. The molecule has 2 heterocycles. The van der Waals surface area contributed by atoms with Gasteiger partial charge in [-0.1, -0.05) is 12.8 Å². The van der Waals surface area contributed by atoms with Gasteiger partial charge in [-0.2, -0.15) is 4.98 Å². The van der Waals surface area contributed by atoms with Crippen LogP contribution in [0.1, 0.15) is 31.6 Å². The predicted molar refractivity (Wildman–Crippen MR) is 50.9 cm³/mol. The van der Waals surface area contributed by atoms with Gasteiger partial charge in [-0.25, -0.2) is 0 Å². The fraction of sp³-hybridized carbons (Fsp3) is 0.778. The van der Waals surface area contributed by atoms with Crippen LogP contribution < -0.4 is 4.90 Å². The van der Waals surface area contributed by atoms with Gasteiger partial charge in [0.15, 0.2) is 0 Å². The molecular formula is C9H15N3O2. The molecule has 14 heavy (non-hydrogen) atoms. The van der Waals surface area contributed by atoms with E-state index in [1.165, 1.54) is 25.7 Å². The Kier molecular flexibility index (Phi) is 2.98. The Labute approximate surface area is 82.7 Å². The summed E-state index contributed by atoms with van der Waals surface area (Å²) in [5, 5.41) is 12.6. The molecule has 1 aliphatic heterocycles. The number of rotatable bonds is 2. The molecule has 5 nitrogen and oxygen atoms in total. The molecule has 0 unspecified atom stereocenters. The zero-order valence-corrected chi connectivity index (χ0v) is 8.15. The molecule has 0 aromatic carbocycles. The second-order valence-corrected chi connectivity index (χ2v) is 3.55. The van der Waals surface area contributed by atoms with Crippen molar-refractivity contribution < 1.29 is 9.63 Å². The largest absolute Gasteiger partial charge is 0.387 e. The predicted octanol–water partition coefficient (Wildman–Crippen LogP) is 0.942. The van der Waals surface area contributed by atoms with Gasteiger partial charge >= 0.3 is 0 Å². The van der Waals surface area contributed by atoms with Crippen LogP contribution in [0.2, 0.25) is 0 Å². The standard InChI is InChI=1S/C9H15N3O2/c13-7-8-10-9(11-14-8)12-5-3-1-2-4-6-12/h13H,1-7H2. The van der Waals surface area contributed by atoms with Crippen LogP contribution >= 0.6 is 0 Å². The van der Waals surface area contributed by atoms with Crippen molar-refractivity contribution in [2.75, 3.05) is 18.0 Å². The number of aliphatic hydroxyl groups is 1. The summed E-state index contributed by atoms with van der Waals surface area (Å²) in [7, 11) is 0. The summed E-state index contributed by atoms with van der Waals surface area (Å²) < 4.78 is 4.86. The highest BCUT2D eigenvalue weighted by Crippen LogP contribution is 2.15. The minimum atomic E-state index is -0.180. The lowest BCUT2D eigenvalue weighted by Crippen LogP contribution is -2.24. The van der Waals surface area contributed by atoms with E-state index in [4.69, 9.17) is 9.63 Å². The molecule has 0 amide bonds. The van der Waals surface area contributed by atoms with Gasteiger partial charge in [-0.3, -0.25) is 0 Å². The molecule has 0 saturated carbocycles. The molecule has 78 valence electrons. The van der Waals surface area contributed by atoms with E-state index in [9.17, 15) is 0 Å². The first-order valence-electron chi connectivity index (χ1n) is 5.08. The molecule has 1 fully saturated rings. The maximum Gasteiger partial charge on any atom is 0.266 e. The number of nitrogens with zero attached hydrogens (tertiary/aromatic N) is 3. The first-order chi connectivity index (χ1) is 6.90. The molecule has 5 heteroatoms. The molecule has 0 spiro atoms. The van der Waals surface area contributed by atoms with Crippen LogP contribution in [0.4, 0.5) is 5.95 Å². The van der Waals surface area contributed by atoms with Crippen LogP contribution in [0.5, 0.6) is 0 Å². The molecule has 1 saturated heterocycles. The second-order valence-electron chi connectivity index (χ2n) is 3.55. The normalized spacial score (nSPS) is 18.2. The van der Waals surface area contributed by atoms with Gasteiger partial charge in [0.1, 0.15) is 6.61 Å². The van der Waals surface area contributed by atoms with E-state index in [1.54, 1.807) is 0 Å². The third kappa shape index (κ3) is 2.04. The van der Waals surface area contributed by atoms with Gasteiger partial charge in [0.25, 0.3) is 11.8 Å². The summed E-state index contributed by atoms with van der Waals surface area (Å²) >= 11 is 0. The lowest BCUT2D eigenvalue weighted by Gasteiger charge is -2.16. The summed E-state index contributed by atoms with van der Waals surface area (Å²) in [5.74, 6) is 0.917. The lowest BCUT2D eigenvalue weighted by molar-refractivity contribution is 0.222. The van der Waals surface area contributed by atoms with E-state index >= 15 is 0 Å². The van der Waals surface area contributed by atoms with Crippen LogP contribution in [0, 0.1) is 0 Å². The summed E-state index contributed by atoms with van der Waals surface area (Å²) in [4.78, 5) is 6.21. The fourth-order valence-corrected chi connectivity index (χ4v) is 1.71. The highest BCUT2D eigenvalue weighted by Gasteiger charge is 2.15. The molecule has 1 aromatic heterocycles. The van der Waals surface area contributed by atoms with Crippen molar-refractivity contribution in [3.8, 4) is 0 Å². The molecular weight excluding hydrogens is 182 g/mol. The Hall–Kier alpha value is -1.10. The van der Waals surface area contributed by atoms with Crippen molar-refractivity contribution in [2.24, 2.45) is 0 Å². The van der Waals surface area contributed by atoms with Gasteiger partial charge < -0.3 is 14.5 Å². The van der Waals surface area contributed by atoms with Crippen molar-refractivity contribution in [2.45, 2.75) is 32.3 Å². The van der Waals surface area contributed by atoms with E-state index in [-0.39, 0.29) is 6.61 Å². The fourth-order valence-electron chi connectivity index (χ4n) is 1.71. The Morgan fingerprint density at radius 3 is 2.50 bits per heavy atom. The lowest BCUT2D eigenvalue weighted by atomic mass is 10.2. The van der Waals surface area contributed by atoms with Crippen molar-refractivity contribution >= 4 is 5.95 Å². The molecule has 1 N–H and O–H groups in total. The van der Waals surface area contributed by atoms with Crippen LogP contribution in [0.25, 0.3) is 0 Å². The molecule has 1 aromatic rings. The van der Waals surface area contributed by atoms with E-state index in [0.29, 0.717) is 11.8 Å². The number of hydrogen-bond acceptors (Lipinski definition) is 5. The SMILES string of the molecule is OCc1nc(N2CCCCCC2)no1. The number of aromatic nitrogens is 2. The molecule has 0 atom stereocenters. The van der Waals surface area contributed by atoms with E-state index in [2.05, 4.69) is 15.0 Å². The Balaban J connectivity index is 2.04. The molecule has 0 aliphatic carbocycles. The number of hydrogen-bond donors (Lipinski definition) is 1. The summed E-state index contributed by atoms with van der Waals surface area (Å²) in [5.41, 5.74) is 0. The first kappa shape index (κ1) is 9.45. The van der Waals surface area contributed by atoms with Crippen LogP contribution in [0.3, 0.4) is 0 Å². The van der Waals surface area contributed by atoms with Crippen molar-refractivity contribution in [3.63, 3.8) is 0 Å². The third-order valence-electron chi connectivity index (χ3n) is 2.48. The first-order valence-corrected chi connectivity index (χ1v) is 5.08. The third-order valence-corrected chi connectivity index (χ3v) is 2.48. The van der Waals surface area contributed by atoms with E-state index < -0.39 is 0 Å². The Morgan fingerprint density at radius 1 is 1.21 bits per heavy atom. The maximum atomic E-state index is 8.79. The minimum Gasteiger partial charge on any atom is -0.387 e. The zero-order chi connectivity index (χ0) is 9.80. The smallest absolute Gasteiger partial charge is 0.266 e.